The molecule has 7 nitrogen and oxygen atoms in total. The Kier molecular flexibility index (Phi) is 8.25. The number of hydrogen-bond acceptors (Lipinski definition) is 4. The molecule has 3 rings (SSSR count). The zero-order valence-corrected chi connectivity index (χ0v) is 17.8. The van der Waals surface area contributed by atoms with Crippen LogP contribution in [0, 0.1) is 11.8 Å². The molecule has 1 aliphatic heterocycles. The molecule has 1 heterocycles. The lowest BCUT2D eigenvalue weighted by Gasteiger charge is -2.36. The first-order valence-corrected chi connectivity index (χ1v) is 11.0. The molecule has 164 valence electrons. The summed E-state index contributed by atoms with van der Waals surface area (Å²) in [4.78, 5) is 40.1. The number of rotatable bonds is 8. The van der Waals surface area contributed by atoms with E-state index in [0.717, 1.165) is 25.7 Å². The second-order valence-corrected chi connectivity index (χ2v) is 8.25. The van der Waals surface area contributed by atoms with Crippen LogP contribution >= 0.6 is 0 Å². The molecule has 1 aromatic carbocycles. The number of amides is 3. The lowest BCUT2D eigenvalue weighted by atomic mass is 9.88. The standard InChI is InChI=1S/C23H33N3O4/c1-30-16-13-24-22(28)20(25-21(27)18-7-5-6-8-18)17-11-14-26(15-12-17)23(29)19-9-3-2-4-10-19/h2-4,9-10,17-18,20H,5-8,11-16H2,1H3,(H,24,28)(H,25,27). The van der Waals surface area contributed by atoms with Crippen LogP contribution in [0.2, 0.25) is 0 Å². The molecule has 0 bridgehead atoms. The third-order valence-corrected chi connectivity index (χ3v) is 6.23. The highest BCUT2D eigenvalue weighted by atomic mass is 16.5. The van der Waals surface area contributed by atoms with Crippen molar-refractivity contribution < 1.29 is 19.1 Å². The predicted octanol–water partition coefficient (Wildman–Crippen LogP) is 1.98. The van der Waals surface area contributed by atoms with Gasteiger partial charge >= 0.3 is 0 Å². The van der Waals surface area contributed by atoms with E-state index in [2.05, 4.69) is 10.6 Å². The molecule has 2 fully saturated rings. The van der Waals surface area contributed by atoms with Gasteiger partial charge in [-0.15, -0.1) is 0 Å². The Balaban J connectivity index is 1.60. The van der Waals surface area contributed by atoms with E-state index in [-0.39, 0.29) is 29.6 Å². The van der Waals surface area contributed by atoms with Crippen LogP contribution in [0.3, 0.4) is 0 Å². The number of piperidine rings is 1. The molecule has 1 atom stereocenters. The highest BCUT2D eigenvalue weighted by Gasteiger charge is 2.35. The maximum Gasteiger partial charge on any atom is 0.253 e. The van der Waals surface area contributed by atoms with Crippen molar-refractivity contribution in [1.29, 1.82) is 0 Å². The van der Waals surface area contributed by atoms with Gasteiger partial charge in [0.1, 0.15) is 6.04 Å². The molecular weight excluding hydrogens is 382 g/mol. The van der Waals surface area contributed by atoms with E-state index in [1.807, 2.05) is 35.2 Å². The van der Waals surface area contributed by atoms with Crippen molar-refractivity contribution in [2.75, 3.05) is 33.4 Å². The summed E-state index contributed by atoms with van der Waals surface area (Å²) < 4.78 is 5.02. The average Bonchev–Trinajstić information content (AvgIpc) is 3.33. The van der Waals surface area contributed by atoms with Crippen molar-refractivity contribution in [2.45, 2.75) is 44.6 Å². The number of carbonyl (C=O) groups is 3. The van der Waals surface area contributed by atoms with Gasteiger partial charge < -0.3 is 20.3 Å². The number of nitrogens with zero attached hydrogens (tertiary/aromatic N) is 1. The van der Waals surface area contributed by atoms with Gasteiger partial charge in [0.05, 0.1) is 6.61 Å². The Labute approximate surface area is 178 Å². The van der Waals surface area contributed by atoms with Crippen molar-refractivity contribution in [3.63, 3.8) is 0 Å². The molecule has 1 saturated carbocycles. The molecule has 1 aliphatic carbocycles. The maximum absolute atomic E-state index is 12.8. The fourth-order valence-electron chi connectivity index (χ4n) is 4.44. The fraction of sp³-hybridized carbons (Fsp3) is 0.609. The first-order valence-electron chi connectivity index (χ1n) is 11.0. The summed E-state index contributed by atoms with van der Waals surface area (Å²) in [5.41, 5.74) is 0.680. The third kappa shape index (κ3) is 5.81. The maximum atomic E-state index is 12.8. The van der Waals surface area contributed by atoms with Gasteiger partial charge in [0.15, 0.2) is 0 Å². The molecule has 0 spiro atoms. The first-order chi connectivity index (χ1) is 14.6. The van der Waals surface area contributed by atoms with E-state index in [0.29, 0.717) is 44.6 Å². The Bertz CT molecular complexity index is 710. The molecule has 2 N–H and O–H groups in total. The van der Waals surface area contributed by atoms with Crippen LogP contribution in [0.15, 0.2) is 30.3 Å². The van der Waals surface area contributed by atoms with Crippen LogP contribution in [0.5, 0.6) is 0 Å². The van der Waals surface area contributed by atoms with Crippen molar-refractivity contribution in [2.24, 2.45) is 11.8 Å². The van der Waals surface area contributed by atoms with Gasteiger partial charge in [-0.1, -0.05) is 31.0 Å². The Morgan fingerprint density at radius 1 is 1.07 bits per heavy atom. The van der Waals surface area contributed by atoms with Crippen molar-refractivity contribution in [3.8, 4) is 0 Å². The normalized spacial score (nSPS) is 18.8. The van der Waals surface area contributed by atoms with Crippen LogP contribution in [0.4, 0.5) is 0 Å². The SMILES string of the molecule is COCCNC(=O)C(NC(=O)C1CCCC1)C1CCN(C(=O)c2ccccc2)CC1. The number of hydrogen-bond donors (Lipinski definition) is 2. The lowest BCUT2D eigenvalue weighted by molar-refractivity contribution is -0.132. The van der Waals surface area contributed by atoms with Gasteiger partial charge in [0, 0.05) is 38.2 Å². The topological polar surface area (TPSA) is 87.7 Å². The molecule has 1 unspecified atom stereocenters. The number of ether oxygens (including phenoxy) is 1. The van der Waals surface area contributed by atoms with Crippen molar-refractivity contribution in [3.05, 3.63) is 35.9 Å². The molecule has 7 heteroatoms. The summed E-state index contributed by atoms with van der Waals surface area (Å²) in [5, 5.41) is 5.91. The zero-order chi connectivity index (χ0) is 21.3. The smallest absolute Gasteiger partial charge is 0.253 e. The number of nitrogens with one attached hydrogen (secondary N) is 2. The monoisotopic (exact) mass is 415 g/mol. The van der Waals surface area contributed by atoms with E-state index in [1.54, 1.807) is 7.11 Å². The van der Waals surface area contributed by atoms with Gasteiger partial charge in [0.2, 0.25) is 11.8 Å². The summed E-state index contributed by atoms with van der Waals surface area (Å²) in [6.07, 6.45) is 5.31. The summed E-state index contributed by atoms with van der Waals surface area (Å²) in [5.74, 6) is -0.129. The third-order valence-electron chi connectivity index (χ3n) is 6.23. The lowest BCUT2D eigenvalue weighted by Crippen LogP contribution is -2.55. The minimum Gasteiger partial charge on any atom is -0.383 e. The summed E-state index contributed by atoms with van der Waals surface area (Å²) in [6, 6.07) is 8.69. The van der Waals surface area contributed by atoms with E-state index in [4.69, 9.17) is 4.74 Å². The average molecular weight is 416 g/mol. The molecule has 3 amide bonds. The van der Waals surface area contributed by atoms with E-state index in [9.17, 15) is 14.4 Å². The number of likely N-dealkylation sites (tertiary alicyclic amines) is 1. The summed E-state index contributed by atoms with van der Waals surface area (Å²) in [6.45, 7) is 2.01. The van der Waals surface area contributed by atoms with Gasteiger partial charge in [-0.25, -0.2) is 0 Å². The van der Waals surface area contributed by atoms with E-state index >= 15 is 0 Å². The zero-order valence-electron chi connectivity index (χ0n) is 17.8. The van der Waals surface area contributed by atoms with E-state index in [1.165, 1.54) is 0 Å². The predicted molar refractivity (Wildman–Crippen MR) is 114 cm³/mol. The van der Waals surface area contributed by atoms with Gasteiger partial charge in [-0.3, -0.25) is 14.4 Å². The largest absolute Gasteiger partial charge is 0.383 e. The van der Waals surface area contributed by atoms with Gasteiger partial charge in [-0.05, 0) is 43.7 Å². The summed E-state index contributed by atoms with van der Waals surface area (Å²) in [7, 11) is 1.59. The molecule has 30 heavy (non-hydrogen) atoms. The molecule has 1 saturated heterocycles. The van der Waals surface area contributed by atoms with Crippen LogP contribution in [-0.4, -0.2) is 62.0 Å². The van der Waals surface area contributed by atoms with Gasteiger partial charge in [0.25, 0.3) is 5.91 Å². The number of benzene rings is 1. The Hall–Kier alpha value is -2.41. The second kappa shape index (κ2) is 11.1. The molecule has 0 radical (unpaired) electrons. The number of methoxy groups -OCH3 is 1. The second-order valence-electron chi connectivity index (χ2n) is 8.25. The highest BCUT2D eigenvalue weighted by molar-refractivity contribution is 5.94. The van der Waals surface area contributed by atoms with Crippen LogP contribution < -0.4 is 10.6 Å². The van der Waals surface area contributed by atoms with Gasteiger partial charge in [-0.2, -0.15) is 0 Å². The van der Waals surface area contributed by atoms with Crippen molar-refractivity contribution >= 4 is 17.7 Å². The minimum absolute atomic E-state index is 0.0118. The fourth-order valence-corrected chi connectivity index (χ4v) is 4.44. The summed E-state index contributed by atoms with van der Waals surface area (Å²) >= 11 is 0. The molecular formula is C23H33N3O4. The number of carbonyl (C=O) groups excluding carboxylic acids is 3. The van der Waals surface area contributed by atoms with E-state index < -0.39 is 6.04 Å². The molecule has 1 aromatic rings. The molecule has 0 aromatic heterocycles. The Morgan fingerprint density at radius 2 is 1.73 bits per heavy atom. The molecule has 2 aliphatic rings. The quantitative estimate of drug-likeness (QED) is 0.636. The van der Waals surface area contributed by atoms with Crippen molar-refractivity contribution in [1.82, 2.24) is 15.5 Å². The Morgan fingerprint density at radius 3 is 2.37 bits per heavy atom. The van der Waals surface area contributed by atoms with Crippen LogP contribution in [0.1, 0.15) is 48.9 Å². The van der Waals surface area contributed by atoms with Crippen LogP contribution in [-0.2, 0) is 14.3 Å². The minimum atomic E-state index is -0.566. The van der Waals surface area contributed by atoms with Crippen LogP contribution in [0.25, 0.3) is 0 Å². The first kappa shape index (κ1) is 22.3. The highest BCUT2D eigenvalue weighted by Crippen LogP contribution is 2.27.